The number of phenols is 1. The Hall–Kier alpha value is -7.04. The summed E-state index contributed by atoms with van der Waals surface area (Å²) in [5.41, 5.74) is 0.153. The molecule has 0 fully saturated rings. The third-order valence-corrected chi connectivity index (χ3v) is 13.4. The lowest BCUT2D eigenvalue weighted by Crippen LogP contribution is -2.17. The van der Waals surface area contributed by atoms with Crippen LogP contribution in [0.2, 0.25) is 0 Å². The van der Waals surface area contributed by atoms with E-state index in [0.29, 0.717) is 50.0 Å². The van der Waals surface area contributed by atoms with Crippen molar-refractivity contribution in [3.8, 4) is 78.6 Å². The molecule has 0 amide bonds. The van der Waals surface area contributed by atoms with Crippen molar-refractivity contribution in [2.24, 2.45) is 0 Å². The van der Waals surface area contributed by atoms with E-state index in [2.05, 4.69) is 85.5 Å². The van der Waals surface area contributed by atoms with E-state index in [1.807, 2.05) is 81.4 Å². The van der Waals surface area contributed by atoms with Gasteiger partial charge in [0.2, 0.25) is 0 Å². The molecule has 9 rings (SSSR count). The number of phenolic OH excluding ortho intramolecular Hbond substituents is 1. The van der Waals surface area contributed by atoms with Crippen molar-refractivity contribution in [3.63, 3.8) is 0 Å². The number of benzene rings is 7. The fourth-order valence-electron chi connectivity index (χ4n) is 9.06. The zero-order chi connectivity index (χ0) is 68.7. The third-order valence-electron chi connectivity index (χ3n) is 13.4. The first kappa shape index (κ1) is 32.2. The van der Waals surface area contributed by atoms with Gasteiger partial charge in [0.15, 0.2) is 0 Å². The number of hydrogen-bond acceptors (Lipinski definition) is 3. The Morgan fingerprint density at radius 3 is 1.74 bits per heavy atom. The molecule has 0 radical (unpaired) electrons. The maximum Gasteiger partial charge on any atom is 0.149 e. The molecular formula is C69H75N3O. The molecule has 2 heterocycles. The maximum atomic E-state index is 12.7. The molecule has 4 heteroatoms. The van der Waals surface area contributed by atoms with Crippen LogP contribution in [0.4, 0.5) is 0 Å². The Balaban J connectivity index is 1.38. The highest BCUT2D eigenvalue weighted by atomic mass is 16.3. The monoisotopic (exact) mass is 981 g/mol. The summed E-state index contributed by atoms with van der Waals surface area (Å²) in [4.78, 5) is 9.89. The van der Waals surface area contributed by atoms with Crippen molar-refractivity contribution in [2.45, 2.75) is 138 Å². The van der Waals surface area contributed by atoms with Gasteiger partial charge in [-0.2, -0.15) is 0 Å². The van der Waals surface area contributed by atoms with E-state index in [-0.39, 0.29) is 44.9 Å². The van der Waals surface area contributed by atoms with Crippen LogP contribution in [0, 0.1) is 6.85 Å². The van der Waals surface area contributed by atoms with Gasteiger partial charge in [-0.05, 0) is 155 Å². The lowest BCUT2D eigenvalue weighted by molar-refractivity contribution is 0.446. The second-order valence-corrected chi connectivity index (χ2v) is 23.3. The molecule has 0 saturated carbocycles. The molecule has 0 aliphatic rings. The van der Waals surface area contributed by atoms with E-state index in [1.165, 1.54) is 0 Å². The van der Waals surface area contributed by atoms with Crippen LogP contribution in [-0.2, 0) is 27.1 Å². The number of para-hydroxylation sites is 1. The van der Waals surface area contributed by atoms with E-state index >= 15 is 0 Å². The first-order valence-corrected chi connectivity index (χ1v) is 24.6. The van der Waals surface area contributed by atoms with Crippen molar-refractivity contribution in [1.82, 2.24) is 14.5 Å². The summed E-state index contributed by atoms with van der Waals surface area (Å²) in [7, 11) is 0. The van der Waals surface area contributed by atoms with Gasteiger partial charge >= 0.3 is 0 Å². The predicted molar refractivity (Wildman–Crippen MR) is 311 cm³/mol. The molecule has 372 valence electrons. The number of pyridine rings is 1. The third kappa shape index (κ3) is 10.3. The van der Waals surface area contributed by atoms with Crippen molar-refractivity contribution in [3.05, 3.63) is 191 Å². The minimum absolute atomic E-state index is 0.00623. The van der Waals surface area contributed by atoms with Crippen LogP contribution in [0.5, 0.6) is 5.75 Å². The number of aryl methyl sites for hydroxylation is 1. The average molecular weight is 981 g/mol. The maximum absolute atomic E-state index is 12.7. The first-order valence-electron chi connectivity index (χ1n) is 34.1. The molecule has 1 N–H and O–H groups in total. The van der Waals surface area contributed by atoms with Crippen LogP contribution in [-0.4, -0.2) is 19.6 Å². The second-order valence-electron chi connectivity index (χ2n) is 23.3. The van der Waals surface area contributed by atoms with Gasteiger partial charge in [0.05, 0.1) is 37.6 Å². The fraction of sp³-hybridized carbons (Fsp3) is 0.304. The summed E-state index contributed by atoms with van der Waals surface area (Å²) >= 11 is 0. The molecule has 4 nitrogen and oxygen atoms in total. The largest absolute Gasteiger partial charge is 0.507 e. The minimum Gasteiger partial charge on any atom is -0.507 e. The highest BCUT2D eigenvalue weighted by Crippen LogP contribution is 2.46. The zero-order valence-electron chi connectivity index (χ0n) is 62.8. The van der Waals surface area contributed by atoms with Gasteiger partial charge in [-0.15, -0.1) is 0 Å². The molecule has 7 aromatic carbocycles. The Kier molecular flexibility index (Phi) is 8.15. The minimum atomic E-state index is -3.96. The summed E-state index contributed by atoms with van der Waals surface area (Å²) in [5.74, 6) is 0.155. The molecule has 0 atom stereocenters. The lowest BCUT2D eigenvalue weighted by Gasteiger charge is -2.27. The quantitative estimate of drug-likeness (QED) is 0.173. The van der Waals surface area contributed by atoms with Crippen LogP contribution in [0.15, 0.2) is 158 Å². The second kappa shape index (κ2) is 18.5. The van der Waals surface area contributed by atoms with E-state index in [4.69, 9.17) is 22.8 Å². The molecule has 0 aliphatic carbocycles. The summed E-state index contributed by atoms with van der Waals surface area (Å²) in [6, 6.07) is 28.8. The summed E-state index contributed by atoms with van der Waals surface area (Å²) in [5, 5.41) is 12.7. The number of aromatic hydroxyl groups is 1. The van der Waals surface area contributed by atoms with Crippen LogP contribution < -0.4 is 0 Å². The highest BCUT2D eigenvalue weighted by molar-refractivity contribution is 5.98. The Bertz CT molecular complexity index is 4310. The van der Waals surface area contributed by atoms with Gasteiger partial charge < -0.3 is 5.11 Å². The first-order chi connectivity index (χ1) is 42.0. The number of hydrogen-bond donors (Lipinski definition) is 1. The Morgan fingerprint density at radius 1 is 0.479 bits per heavy atom. The number of imidazole rings is 1. The van der Waals surface area contributed by atoms with Crippen LogP contribution in [0.1, 0.15) is 163 Å². The van der Waals surface area contributed by atoms with E-state index in [9.17, 15) is 13.3 Å². The standard InChI is InChI=1S/C69H75N3O/c1-43-33-46(49-37-53(66(5,6)7)40-54(38-49)67(8,9)10)27-30-60(43)72-61-24-20-23-56(62(61)71-64(72)57-41-55(68(11,12)13)42-58(63(57)73)69(14,15)16)50-34-48(44-21-18-17-19-22-44)35-51(36-50)59-39-47(31-32-70-59)45-25-28-52(29-26-45)65(2,3)4/h17-42,73H,1-16H3/i1D3,2D3,3D3,4D3,25D,26D,28D,29D,31D,32D,39D. The molecule has 0 saturated heterocycles. The average Bonchev–Trinajstić information content (AvgIpc) is 0.913. The SMILES string of the molecule is [2H]c1nc(-c2cc(-c3ccccc3)cc(-c3cccc4c3nc(-c3cc(C(C)(C)C)cc(C(C)(C)C)c3O)n4-c3ccc(-c4cc(C(C)(C)C)cc(C(C)(C)C)c4)cc3C([2H])([2H])[2H])c2)c([2H])c(-c2c([2H])c([2H])c(C(C([2H])([2H])[2H])(C([2H])([2H])[2H])C([2H])([2H])[2H])c([2H])c2[2H])c1[2H]. The van der Waals surface area contributed by atoms with Crippen LogP contribution in [0.25, 0.3) is 83.9 Å². The number of fused-ring (bicyclic) bond motifs is 1. The van der Waals surface area contributed by atoms with Gasteiger partial charge in [-0.3, -0.25) is 9.55 Å². The smallest absolute Gasteiger partial charge is 0.149 e. The van der Waals surface area contributed by atoms with Gasteiger partial charge in [-0.1, -0.05) is 201 Å². The number of aromatic nitrogens is 3. The highest BCUT2D eigenvalue weighted by Gasteiger charge is 2.30. The van der Waals surface area contributed by atoms with Gasteiger partial charge in [0.1, 0.15) is 11.6 Å². The van der Waals surface area contributed by atoms with Crippen molar-refractivity contribution >= 4 is 11.0 Å². The molecule has 0 unspecified atom stereocenters. The molecule has 73 heavy (non-hydrogen) atoms. The number of rotatable bonds is 7. The van der Waals surface area contributed by atoms with E-state index in [1.54, 1.807) is 41.0 Å². The van der Waals surface area contributed by atoms with Crippen molar-refractivity contribution < 1.29 is 31.2 Å². The van der Waals surface area contributed by atoms with E-state index in [0.717, 1.165) is 22.3 Å². The van der Waals surface area contributed by atoms with Crippen molar-refractivity contribution in [1.29, 1.82) is 0 Å². The summed E-state index contributed by atoms with van der Waals surface area (Å²) in [6.07, 6.45) is -0.787. The Labute approximate surface area is 463 Å². The van der Waals surface area contributed by atoms with Crippen LogP contribution in [0.3, 0.4) is 0 Å². The van der Waals surface area contributed by atoms with Crippen molar-refractivity contribution in [2.75, 3.05) is 0 Å². The normalized spacial score (nSPS) is 17.2. The number of nitrogens with zero attached hydrogens (tertiary/aromatic N) is 3. The van der Waals surface area contributed by atoms with Crippen LogP contribution >= 0.6 is 0 Å². The molecule has 0 bridgehead atoms. The molecule has 0 aliphatic heterocycles. The van der Waals surface area contributed by atoms with Gasteiger partial charge in [0, 0.05) is 39.3 Å². The zero-order valence-corrected chi connectivity index (χ0v) is 43.8. The molecular weight excluding hydrogens is 887 g/mol. The Morgan fingerprint density at radius 2 is 1.11 bits per heavy atom. The van der Waals surface area contributed by atoms with Gasteiger partial charge in [0.25, 0.3) is 0 Å². The lowest BCUT2D eigenvalue weighted by atomic mass is 9.78. The summed E-state index contributed by atoms with van der Waals surface area (Å²) < 4.78 is 169. The molecule has 0 spiro atoms. The summed E-state index contributed by atoms with van der Waals surface area (Å²) in [6.45, 7) is 10.4. The van der Waals surface area contributed by atoms with E-state index < -0.39 is 103 Å². The fourth-order valence-corrected chi connectivity index (χ4v) is 9.06. The topological polar surface area (TPSA) is 50.9 Å². The molecule has 9 aromatic rings. The van der Waals surface area contributed by atoms with Gasteiger partial charge in [-0.25, -0.2) is 4.98 Å². The molecule has 2 aromatic heterocycles. The predicted octanol–water partition coefficient (Wildman–Crippen LogP) is 18.9.